The first-order valence-corrected chi connectivity index (χ1v) is 11.7. The van der Waals surface area contributed by atoms with Crippen LogP contribution in [-0.2, 0) is 4.79 Å². The van der Waals surface area contributed by atoms with Crippen LogP contribution < -0.4 is 10.6 Å². The van der Waals surface area contributed by atoms with Crippen LogP contribution in [0.3, 0.4) is 0 Å². The minimum Gasteiger partial charge on any atom is -0.508 e. The number of amides is 1. The van der Waals surface area contributed by atoms with E-state index in [-0.39, 0.29) is 11.7 Å². The molecule has 2 aromatic carbocycles. The number of benzene rings is 2. The number of thioether (sulfide) groups is 1. The largest absolute Gasteiger partial charge is 0.508 e. The molecule has 0 saturated carbocycles. The average molecular weight is 450 g/mol. The van der Waals surface area contributed by atoms with Crippen molar-refractivity contribution < 1.29 is 9.90 Å². The van der Waals surface area contributed by atoms with Crippen LogP contribution in [0.15, 0.2) is 65.0 Å². The van der Waals surface area contributed by atoms with E-state index in [2.05, 4.69) is 22.5 Å². The third-order valence-corrected chi connectivity index (χ3v) is 6.22. The molecule has 1 unspecified atom stereocenters. The Morgan fingerprint density at radius 1 is 1.22 bits per heavy atom. The van der Waals surface area contributed by atoms with Crippen molar-refractivity contribution in [1.29, 1.82) is 0 Å². The van der Waals surface area contributed by atoms with E-state index in [0.29, 0.717) is 16.7 Å². The van der Waals surface area contributed by atoms with Crippen LogP contribution in [0.5, 0.6) is 5.75 Å². The summed E-state index contributed by atoms with van der Waals surface area (Å²) in [5, 5.41) is 21.5. The summed E-state index contributed by atoms with van der Waals surface area (Å²) >= 11 is 1.61. The van der Waals surface area contributed by atoms with Gasteiger partial charge in [0, 0.05) is 17.1 Å². The fraction of sp³-hybridized carbons (Fsp3) is 0.292. The van der Waals surface area contributed by atoms with E-state index in [4.69, 9.17) is 5.10 Å². The normalized spacial score (nSPS) is 15.3. The van der Waals surface area contributed by atoms with Crippen LogP contribution in [0, 0.1) is 6.92 Å². The molecule has 0 radical (unpaired) electrons. The number of phenolic OH excluding ortho intramolecular Hbond substituents is 1. The molecule has 0 saturated heterocycles. The van der Waals surface area contributed by atoms with Crippen molar-refractivity contribution in [3.63, 3.8) is 0 Å². The molecule has 1 aromatic heterocycles. The predicted octanol–water partition coefficient (Wildman–Crippen LogP) is 5.11. The number of rotatable bonds is 7. The Morgan fingerprint density at radius 2 is 2.00 bits per heavy atom. The van der Waals surface area contributed by atoms with Crippen molar-refractivity contribution in [2.75, 3.05) is 16.4 Å². The van der Waals surface area contributed by atoms with Crippen LogP contribution >= 0.6 is 11.8 Å². The van der Waals surface area contributed by atoms with Crippen molar-refractivity contribution in [1.82, 2.24) is 14.8 Å². The molecule has 166 valence electrons. The SMILES string of the molecule is CCCCSc1nc2n(n1)C(c1ccc(O)cc1)C(C(=O)Nc1cccc(C)c1)=C(C)N2. The molecule has 32 heavy (non-hydrogen) atoms. The first kappa shape index (κ1) is 22.0. The number of fused-ring (bicyclic) bond motifs is 1. The highest BCUT2D eigenvalue weighted by Crippen LogP contribution is 2.37. The molecule has 0 bridgehead atoms. The Labute approximate surface area is 192 Å². The number of hydrogen-bond donors (Lipinski definition) is 3. The first-order chi connectivity index (χ1) is 15.5. The second-order valence-electron chi connectivity index (χ2n) is 7.85. The molecule has 3 N–H and O–H groups in total. The molecule has 8 heteroatoms. The molecule has 0 fully saturated rings. The van der Waals surface area contributed by atoms with Gasteiger partial charge in [-0.3, -0.25) is 4.79 Å². The minimum absolute atomic E-state index is 0.170. The summed E-state index contributed by atoms with van der Waals surface area (Å²) in [6.07, 6.45) is 2.20. The fourth-order valence-corrected chi connectivity index (χ4v) is 4.59. The van der Waals surface area contributed by atoms with E-state index in [1.54, 1.807) is 28.6 Å². The van der Waals surface area contributed by atoms with Gasteiger partial charge in [0.15, 0.2) is 0 Å². The molecule has 1 amide bonds. The fourth-order valence-electron chi connectivity index (χ4n) is 3.68. The van der Waals surface area contributed by atoms with Gasteiger partial charge in [0.25, 0.3) is 5.91 Å². The maximum atomic E-state index is 13.4. The molecule has 7 nitrogen and oxygen atoms in total. The molecular weight excluding hydrogens is 422 g/mol. The van der Waals surface area contributed by atoms with Gasteiger partial charge in [-0.25, -0.2) is 4.68 Å². The Kier molecular flexibility index (Phi) is 6.50. The van der Waals surface area contributed by atoms with Crippen LogP contribution in [0.1, 0.15) is 43.9 Å². The maximum Gasteiger partial charge on any atom is 0.255 e. The first-order valence-electron chi connectivity index (χ1n) is 10.7. The molecular formula is C24H27N5O2S. The quantitative estimate of drug-likeness (QED) is 0.343. The Hall–Kier alpha value is -3.26. The number of aromatic hydroxyl groups is 1. The van der Waals surface area contributed by atoms with E-state index in [1.807, 2.05) is 50.2 Å². The van der Waals surface area contributed by atoms with E-state index in [9.17, 15) is 9.90 Å². The highest BCUT2D eigenvalue weighted by Gasteiger charge is 2.34. The lowest BCUT2D eigenvalue weighted by molar-refractivity contribution is -0.113. The number of anilines is 2. The molecule has 1 aliphatic rings. The maximum absolute atomic E-state index is 13.4. The zero-order chi connectivity index (χ0) is 22.7. The smallest absolute Gasteiger partial charge is 0.255 e. The van der Waals surface area contributed by atoms with Gasteiger partial charge in [-0.2, -0.15) is 4.98 Å². The lowest BCUT2D eigenvalue weighted by Crippen LogP contribution is -2.31. The predicted molar refractivity (Wildman–Crippen MR) is 128 cm³/mol. The van der Waals surface area contributed by atoms with E-state index in [1.165, 1.54) is 0 Å². The van der Waals surface area contributed by atoms with Gasteiger partial charge in [-0.1, -0.05) is 49.4 Å². The number of hydrogen-bond acceptors (Lipinski definition) is 6. The van der Waals surface area contributed by atoms with Gasteiger partial charge in [-0.05, 0) is 55.7 Å². The number of phenols is 1. The van der Waals surface area contributed by atoms with Gasteiger partial charge in [0.2, 0.25) is 11.1 Å². The van der Waals surface area contributed by atoms with E-state index >= 15 is 0 Å². The zero-order valence-electron chi connectivity index (χ0n) is 18.4. The second kappa shape index (κ2) is 9.48. The molecule has 1 atom stereocenters. The number of unbranched alkanes of at least 4 members (excludes halogenated alkanes) is 1. The van der Waals surface area contributed by atoms with Gasteiger partial charge < -0.3 is 15.7 Å². The number of aryl methyl sites for hydroxylation is 1. The molecule has 0 aliphatic carbocycles. The third-order valence-electron chi connectivity index (χ3n) is 5.29. The summed E-state index contributed by atoms with van der Waals surface area (Å²) in [5.41, 5.74) is 3.92. The van der Waals surface area contributed by atoms with Gasteiger partial charge >= 0.3 is 0 Å². The van der Waals surface area contributed by atoms with Crippen molar-refractivity contribution >= 4 is 29.3 Å². The topological polar surface area (TPSA) is 92.1 Å². The Balaban J connectivity index is 1.72. The van der Waals surface area contributed by atoms with Gasteiger partial charge in [0.05, 0.1) is 5.57 Å². The summed E-state index contributed by atoms with van der Waals surface area (Å²) in [4.78, 5) is 18.1. The number of aromatic nitrogens is 3. The van der Waals surface area contributed by atoms with E-state index in [0.717, 1.165) is 41.1 Å². The summed E-state index contributed by atoms with van der Waals surface area (Å²) in [6, 6.07) is 14.1. The zero-order valence-corrected chi connectivity index (χ0v) is 19.2. The highest BCUT2D eigenvalue weighted by atomic mass is 32.2. The van der Waals surface area contributed by atoms with Crippen molar-refractivity contribution in [2.24, 2.45) is 0 Å². The number of nitrogens with zero attached hydrogens (tertiary/aromatic N) is 3. The van der Waals surface area contributed by atoms with E-state index < -0.39 is 6.04 Å². The number of nitrogens with one attached hydrogen (secondary N) is 2. The van der Waals surface area contributed by atoms with Crippen molar-refractivity contribution in [2.45, 2.75) is 44.8 Å². The van der Waals surface area contributed by atoms with Crippen LogP contribution in [0.4, 0.5) is 11.6 Å². The summed E-state index contributed by atoms with van der Waals surface area (Å²) in [6.45, 7) is 6.02. The Morgan fingerprint density at radius 3 is 2.72 bits per heavy atom. The molecule has 0 spiro atoms. The van der Waals surface area contributed by atoms with Crippen LogP contribution in [0.25, 0.3) is 0 Å². The average Bonchev–Trinajstić information content (AvgIpc) is 3.16. The standard InChI is InChI=1S/C24H27N5O2S/c1-4-5-13-32-24-27-23-25-16(3)20(22(31)26-18-8-6-7-15(2)14-18)21(29(23)28-24)17-9-11-19(30)12-10-17/h6-12,14,21,30H,4-5,13H2,1-3H3,(H,26,31)(H,25,27,28). The van der Waals surface area contributed by atoms with Gasteiger partial charge in [0.1, 0.15) is 11.8 Å². The monoisotopic (exact) mass is 449 g/mol. The van der Waals surface area contributed by atoms with Crippen molar-refractivity contribution in [3.05, 3.63) is 70.9 Å². The molecule has 2 heterocycles. The number of allylic oxidation sites excluding steroid dienone is 1. The van der Waals surface area contributed by atoms with Gasteiger partial charge in [-0.15, -0.1) is 5.10 Å². The highest BCUT2D eigenvalue weighted by molar-refractivity contribution is 7.99. The van der Waals surface area contributed by atoms with Crippen LogP contribution in [0.2, 0.25) is 0 Å². The lowest BCUT2D eigenvalue weighted by Gasteiger charge is -2.28. The van der Waals surface area contributed by atoms with Crippen LogP contribution in [-0.4, -0.2) is 31.5 Å². The number of carbonyl (C=O) groups excluding carboxylic acids is 1. The molecule has 3 aromatic rings. The third kappa shape index (κ3) is 4.65. The summed E-state index contributed by atoms with van der Waals surface area (Å²) in [5.74, 6) is 1.51. The second-order valence-corrected chi connectivity index (χ2v) is 8.91. The lowest BCUT2D eigenvalue weighted by atomic mass is 9.95. The summed E-state index contributed by atoms with van der Waals surface area (Å²) in [7, 11) is 0. The summed E-state index contributed by atoms with van der Waals surface area (Å²) < 4.78 is 1.76. The van der Waals surface area contributed by atoms with Crippen molar-refractivity contribution in [3.8, 4) is 5.75 Å². The Bertz CT molecular complexity index is 1150. The minimum atomic E-state index is -0.468. The molecule has 4 rings (SSSR count). The number of carbonyl (C=O) groups is 1. The molecule has 1 aliphatic heterocycles.